The Labute approximate surface area is 69.9 Å². The summed E-state index contributed by atoms with van der Waals surface area (Å²) < 4.78 is 0. The molecule has 3 N–H and O–H groups in total. The largest absolute Gasteiger partial charge is 0.508 e. The first-order chi connectivity index (χ1) is 5.65. The first kappa shape index (κ1) is 8.28. The molecule has 3 nitrogen and oxygen atoms in total. The molecule has 1 rings (SSSR count). The SMILES string of the molecule is CC#Cc1c(O)cc(O)cc1O. The zero-order valence-electron chi connectivity index (χ0n) is 6.50. The molecule has 0 spiro atoms. The second-order valence-electron chi connectivity index (χ2n) is 2.23. The summed E-state index contributed by atoms with van der Waals surface area (Å²) in [6.45, 7) is 1.59. The monoisotopic (exact) mass is 164 g/mol. The molecule has 0 amide bonds. The maximum atomic E-state index is 9.18. The summed E-state index contributed by atoms with van der Waals surface area (Å²) >= 11 is 0. The highest BCUT2D eigenvalue weighted by atomic mass is 16.3. The van der Waals surface area contributed by atoms with Crippen LogP contribution in [-0.4, -0.2) is 15.3 Å². The summed E-state index contributed by atoms with van der Waals surface area (Å²) in [4.78, 5) is 0. The highest BCUT2D eigenvalue weighted by Crippen LogP contribution is 2.30. The van der Waals surface area contributed by atoms with E-state index in [2.05, 4.69) is 11.8 Å². The minimum atomic E-state index is -0.221. The van der Waals surface area contributed by atoms with Gasteiger partial charge in [-0.1, -0.05) is 5.92 Å². The predicted octanol–water partition coefficient (Wildman–Crippen LogP) is 1.17. The van der Waals surface area contributed by atoms with E-state index in [9.17, 15) is 10.2 Å². The molecule has 0 unspecified atom stereocenters. The van der Waals surface area contributed by atoms with Gasteiger partial charge in [-0.3, -0.25) is 0 Å². The van der Waals surface area contributed by atoms with Gasteiger partial charge < -0.3 is 15.3 Å². The number of hydrogen-bond donors (Lipinski definition) is 3. The van der Waals surface area contributed by atoms with Crippen molar-refractivity contribution in [2.75, 3.05) is 0 Å². The highest BCUT2D eigenvalue weighted by molar-refractivity contribution is 5.56. The normalized spacial score (nSPS) is 8.75. The van der Waals surface area contributed by atoms with Gasteiger partial charge in [0.2, 0.25) is 0 Å². The molecular formula is C9H8O3. The van der Waals surface area contributed by atoms with E-state index in [1.54, 1.807) is 6.92 Å². The van der Waals surface area contributed by atoms with Gasteiger partial charge in [0, 0.05) is 12.1 Å². The molecule has 3 heteroatoms. The quantitative estimate of drug-likeness (QED) is 0.504. The van der Waals surface area contributed by atoms with Crippen molar-refractivity contribution in [1.29, 1.82) is 0 Å². The van der Waals surface area contributed by atoms with E-state index in [0.29, 0.717) is 0 Å². The van der Waals surface area contributed by atoms with E-state index in [0.717, 1.165) is 12.1 Å². The minimum absolute atomic E-state index is 0.135. The average Bonchev–Trinajstić information content (AvgIpc) is 1.96. The zero-order valence-corrected chi connectivity index (χ0v) is 6.50. The van der Waals surface area contributed by atoms with Crippen molar-refractivity contribution < 1.29 is 15.3 Å². The van der Waals surface area contributed by atoms with Crippen LogP contribution in [0.3, 0.4) is 0 Å². The van der Waals surface area contributed by atoms with Gasteiger partial charge in [-0.2, -0.15) is 0 Å². The lowest BCUT2D eigenvalue weighted by Gasteiger charge is -2.00. The number of phenols is 3. The van der Waals surface area contributed by atoms with Gasteiger partial charge in [-0.05, 0) is 6.92 Å². The molecule has 0 aromatic heterocycles. The Morgan fingerprint density at radius 1 is 1.08 bits per heavy atom. The van der Waals surface area contributed by atoms with Crippen LogP contribution in [0.5, 0.6) is 17.2 Å². The summed E-state index contributed by atoms with van der Waals surface area (Å²) in [5.41, 5.74) is 0.135. The van der Waals surface area contributed by atoms with Gasteiger partial charge in [-0.15, -0.1) is 5.92 Å². The Morgan fingerprint density at radius 3 is 2.00 bits per heavy atom. The van der Waals surface area contributed by atoms with E-state index in [1.165, 1.54) is 0 Å². The van der Waals surface area contributed by atoms with Crippen LogP contribution >= 0.6 is 0 Å². The Hall–Kier alpha value is -1.82. The van der Waals surface area contributed by atoms with Crippen LogP contribution in [0.2, 0.25) is 0 Å². The first-order valence-electron chi connectivity index (χ1n) is 3.33. The molecule has 12 heavy (non-hydrogen) atoms. The van der Waals surface area contributed by atoms with E-state index in [1.807, 2.05) is 0 Å². The summed E-state index contributed by atoms with van der Waals surface area (Å²) in [6.07, 6.45) is 0. The van der Waals surface area contributed by atoms with Crippen LogP contribution in [0.15, 0.2) is 12.1 Å². The minimum Gasteiger partial charge on any atom is -0.508 e. The smallest absolute Gasteiger partial charge is 0.138 e. The average molecular weight is 164 g/mol. The van der Waals surface area contributed by atoms with Crippen molar-refractivity contribution >= 4 is 0 Å². The summed E-state index contributed by atoms with van der Waals surface area (Å²) in [5, 5.41) is 27.3. The lowest BCUT2D eigenvalue weighted by Crippen LogP contribution is -1.78. The molecule has 62 valence electrons. The molecule has 0 atom stereocenters. The molecular weight excluding hydrogens is 156 g/mol. The van der Waals surface area contributed by atoms with E-state index < -0.39 is 0 Å². The van der Waals surface area contributed by atoms with E-state index in [4.69, 9.17) is 5.11 Å². The van der Waals surface area contributed by atoms with Crippen molar-refractivity contribution in [2.45, 2.75) is 6.92 Å². The lowest BCUT2D eigenvalue weighted by atomic mass is 10.1. The second kappa shape index (κ2) is 3.05. The van der Waals surface area contributed by atoms with Crippen LogP contribution in [0.4, 0.5) is 0 Å². The number of aromatic hydroxyl groups is 3. The van der Waals surface area contributed by atoms with Gasteiger partial charge in [0.05, 0.1) is 0 Å². The molecule has 0 aliphatic carbocycles. The molecule has 0 saturated heterocycles. The van der Waals surface area contributed by atoms with Crippen LogP contribution in [0.25, 0.3) is 0 Å². The molecule has 0 bridgehead atoms. The molecule has 0 aliphatic heterocycles. The maximum absolute atomic E-state index is 9.18. The standard InChI is InChI=1S/C9H8O3/c1-2-3-7-8(11)4-6(10)5-9(7)12/h4-5,10-12H,1H3. The highest BCUT2D eigenvalue weighted by Gasteiger charge is 2.05. The molecule has 1 aromatic rings. The molecule has 0 aliphatic rings. The third-order valence-corrected chi connectivity index (χ3v) is 1.33. The summed E-state index contributed by atoms with van der Waals surface area (Å²) in [6, 6.07) is 2.25. The molecule has 0 saturated carbocycles. The fourth-order valence-electron chi connectivity index (χ4n) is 0.850. The predicted molar refractivity (Wildman–Crippen MR) is 44.0 cm³/mol. The molecule has 0 radical (unpaired) electrons. The van der Waals surface area contributed by atoms with E-state index >= 15 is 0 Å². The van der Waals surface area contributed by atoms with Crippen molar-refractivity contribution in [2.24, 2.45) is 0 Å². The van der Waals surface area contributed by atoms with Crippen LogP contribution in [-0.2, 0) is 0 Å². The number of benzene rings is 1. The Morgan fingerprint density at radius 2 is 1.58 bits per heavy atom. The van der Waals surface area contributed by atoms with Crippen molar-refractivity contribution in [1.82, 2.24) is 0 Å². The van der Waals surface area contributed by atoms with Crippen LogP contribution in [0, 0.1) is 11.8 Å². The molecule has 0 fully saturated rings. The number of phenolic OH excluding ortho intramolecular Hbond substituents is 3. The van der Waals surface area contributed by atoms with Gasteiger partial charge in [0.25, 0.3) is 0 Å². The number of rotatable bonds is 0. The van der Waals surface area contributed by atoms with Crippen molar-refractivity contribution in [3.63, 3.8) is 0 Å². The second-order valence-corrected chi connectivity index (χ2v) is 2.23. The first-order valence-corrected chi connectivity index (χ1v) is 3.33. The third kappa shape index (κ3) is 1.43. The maximum Gasteiger partial charge on any atom is 0.138 e. The Bertz CT molecular complexity index is 335. The Balaban J connectivity index is 3.34. The molecule has 1 aromatic carbocycles. The van der Waals surface area contributed by atoms with Crippen molar-refractivity contribution in [3.8, 4) is 29.1 Å². The Kier molecular flexibility index (Phi) is 2.11. The fourth-order valence-corrected chi connectivity index (χ4v) is 0.850. The van der Waals surface area contributed by atoms with Gasteiger partial charge in [-0.25, -0.2) is 0 Å². The third-order valence-electron chi connectivity index (χ3n) is 1.33. The van der Waals surface area contributed by atoms with E-state index in [-0.39, 0.29) is 22.8 Å². The van der Waals surface area contributed by atoms with Crippen molar-refractivity contribution in [3.05, 3.63) is 17.7 Å². The van der Waals surface area contributed by atoms with Gasteiger partial charge in [0.1, 0.15) is 22.8 Å². The van der Waals surface area contributed by atoms with Gasteiger partial charge in [0.15, 0.2) is 0 Å². The molecule has 0 heterocycles. The van der Waals surface area contributed by atoms with Gasteiger partial charge >= 0.3 is 0 Å². The lowest BCUT2D eigenvalue weighted by molar-refractivity contribution is 0.426. The fraction of sp³-hybridized carbons (Fsp3) is 0.111. The zero-order chi connectivity index (χ0) is 9.14. The van der Waals surface area contributed by atoms with Crippen LogP contribution in [0.1, 0.15) is 12.5 Å². The number of hydrogen-bond acceptors (Lipinski definition) is 3. The summed E-state index contributed by atoms with van der Waals surface area (Å²) in [5.74, 6) is 4.41. The summed E-state index contributed by atoms with van der Waals surface area (Å²) in [7, 11) is 0. The topological polar surface area (TPSA) is 60.7 Å². The van der Waals surface area contributed by atoms with Crippen LogP contribution < -0.4 is 0 Å².